The predicted octanol–water partition coefficient (Wildman–Crippen LogP) is 3.38. The van der Waals surface area contributed by atoms with Crippen molar-refractivity contribution in [1.29, 1.82) is 0 Å². The molecule has 0 aliphatic rings. The van der Waals surface area contributed by atoms with Crippen LogP contribution in [0.4, 0.5) is 4.39 Å². The molecule has 74 valence electrons. The minimum Gasteiger partial charge on any atom is -0.461 e. The summed E-state index contributed by atoms with van der Waals surface area (Å²) < 4.78 is 18.6. The van der Waals surface area contributed by atoms with Crippen LogP contribution in [0.3, 0.4) is 0 Å². The Morgan fingerprint density at radius 2 is 2.07 bits per heavy atom. The smallest absolute Gasteiger partial charge is 0.134 e. The van der Waals surface area contributed by atoms with Crippen molar-refractivity contribution in [2.75, 3.05) is 0 Å². The van der Waals surface area contributed by atoms with Crippen LogP contribution in [0.5, 0.6) is 0 Å². The number of halogens is 1. The molecule has 0 saturated heterocycles. The molecule has 0 aliphatic carbocycles. The number of benzene rings is 1. The maximum Gasteiger partial charge on any atom is 0.134 e. The van der Waals surface area contributed by atoms with Gasteiger partial charge in [-0.15, -0.1) is 6.42 Å². The van der Waals surface area contributed by atoms with Crippen LogP contribution in [0.1, 0.15) is 11.3 Å². The Morgan fingerprint density at radius 3 is 2.67 bits per heavy atom. The first-order chi connectivity index (χ1) is 7.19. The third-order valence-electron chi connectivity index (χ3n) is 2.09. The van der Waals surface area contributed by atoms with Gasteiger partial charge in [0.1, 0.15) is 17.3 Å². The Balaban J connectivity index is 2.54. The molecule has 2 aromatic rings. The largest absolute Gasteiger partial charge is 0.461 e. The lowest BCUT2D eigenvalue weighted by atomic mass is 10.1. The predicted molar refractivity (Wildman–Crippen MR) is 56.8 cm³/mol. The van der Waals surface area contributed by atoms with Crippen molar-refractivity contribution in [3.63, 3.8) is 0 Å². The Bertz CT molecular complexity index is 532. The van der Waals surface area contributed by atoms with E-state index in [2.05, 4.69) is 5.92 Å². The zero-order valence-corrected chi connectivity index (χ0v) is 8.25. The minimum atomic E-state index is -0.352. The summed E-state index contributed by atoms with van der Waals surface area (Å²) in [5.41, 5.74) is 1.18. The number of terminal acetylenes is 1. The van der Waals surface area contributed by atoms with Gasteiger partial charge in [0.05, 0.1) is 0 Å². The summed E-state index contributed by atoms with van der Waals surface area (Å²) in [6, 6.07) is 8.07. The van der Waals surface area contributed by atoms with E-state index in [1.807, 2.05) is 13.0 Å². The maximum atomic E-state index is 13.2. The van der Waals surface area contributed by atoms with E-state index >= 15 is 0 Å². The van der Waals surface area contributed by atoms with Crippen LogP contribution < -0.4 is 0 Å². The highest BCUT2D eigenvalue weighted by Crippen LogP contribution is 2.23. The fourth-order valence-electron chi connectivity index (χ4n) is 1.40. The van der Waals surface area contributed by atoms with E-state index in [0.29, 0.717) is 16.9 Å². The number of furan rings is 1. The maximum absolute atomic E-state index is 13.2. The van der Waals surface area contributed by atoms with E-state index in [1.165, 1.54) is 12.1 Å². The lowest BCUT2D eigenvalue weighted by molar-refractivity contribution is 0.547. The summed E-state index contributed by atoms with van der Waals surface area (Å²) in [5.74, 6) is 3.47. The first-order valence-electron chi connectivity index (χ1n) is 4.53. The van der Waals surface area contributed by atoms with Gasteiger partial charge in [0.15, 0.2) is 0 Å². The van der Waals surface area contributed by atoms with Crippen molar-refractivity contribution in [2.45, 2.75) is 6.92 Å². The van der Waals surface area contributed by atoms with Crippen molar-refractivity contribution >= 4 is 0 Å². The molecular weight excluding hydrogens is 191 g/mol. The molecule has 1 aromatic carbocycles. The average Bonchev–Trinajstić information content (AvgIpc) is 2.64. The summed E-state index contributed by atoms with van der Waals surface area (Å²) in [4.78, 5) is 0. The molecule has 2 heteroatoms. The first kappa shape index (κ1) is 9.54. The normalized spacial score (nSPS) is 9.93. The van der Waals surface area contributed by atoms with E-state index in [0.717, 1.165) is 5.76 Å². The molecule has 0 fully saturated rings. The van der Waals surface area contributed by atoms with Crippen molar-refractivity contribution in [2.24, 2.45) is 0 Å². The highest BCUT2D eigenvalue weighted by atomic mass is 19.1. The molecule has 0 spiro atoms. The van der Waals surface area contributed by atoms with Crippen LogP contribution in [0, 0.1) is 25.1 Å². The summed E-state index contributed by atoms with van der Waals surface area (Å²) in [7, 11) is 0. The van der Waals surface area contributed by atoms with Gasteiger partial charge < -0.3 is 4.42 Å². The van der Waals surface area contributed by atoms with Crippen LogP contribution >= 0.6 is 0 Å². The van der Waals surface area contributed by atoms with E-state index in [4.69, 9.17) is 10.8 Å². The quantitative estimate of drug-likeness (QED) is 0.643. The monoisotopic (exact) mass is 200 g/mol. The molecule has 0 aliphatic heterocycles. The second-order valence-corrected chi connectivity index (χ2v) is 3.28. The van der Waals surface area contributed by atoms with Crippen LogP contribution in [0.25, 0.3) is 11.3 Å². The van der Waals surface area contributed by atoms with Crippen molar-refractivity contribution in [1.82, 2.24) is 0 Å². The highest BCUT2D eigenvalue weighted by molar-refractivity contribution is 5.60. The molecule has 15 heavy (non-hydrogen) atoms. The molecule has 1 nitrogen and oxygen atoms in total. The van der Waals surface area contributed by atoms with Gasteiger partial charge in [-0.2, -0.15) is 0 Å². The zero-order chi connectivity index (χ0) is 10.8. The Kier molecular flexibility index (Phi) is 2.31. The van der Waals surface area contributed by atoms with Crippen molar-refractivity contribution < 1.29 is 8.81 Å². The van der Waals surface area contributed by atoms with Crippen LogP contribution in [-0.4, -0.2) is 0 Å². The van der Waals surface area contributed by atoms with Gasteiger partial charge in [0.25, 0.3) is 0 Å². The van der Waals surface area contributed by atoms with Crippen LogP contribution in [0.2, 0.25) is 0 Å². The molecule has 0 N–H and O–H groups in total. The summed E-state index contributed by atoms with van der Waals surface area (Å²) in [6.07, 6.45) is 5.22. The molecule has 0 radical (unpaired) electrons. The summed E-state index contributed by atoms with van der Waals surface area (Å²) in [5, 5.41) is 0. The standard InChI is InChI=1S/C13H9FO/c1-3-10-6-11(8-12(14)7-10)13-5-4-9(2)15-13/h1,4-8H,2H3. The van der Waals surface area contributed by atoms with E-state index in [-0.39, 0.29) is 5.82 Å². The molecule has 0 unspecified atom stereocenters. The molecule has 1 aromatic heterocycles. The molecular formula is C13H9FO. The zero-order valence-electron chi connectivity index (χ0n) is 8.25. The lowest BCUT2D eigenvalue weighted by Crippen LogP contribution is -1.82. The molecule has 0 saturated carbocycles. The van der Waals surface area contributed by atoms with Crippen LogP contribution in [0.15, 0.2) is 34.7 Å². The SMILES string of the molecule is C#Cc1cc(F)cc(-c2ccc(C)o2)c1. The number of aryl methyl sites for hydroxylation is 1. The van der Waals surface area contributed by atoms with Crippen LogP contribution in [-0.2, 0) is 0 Å². The fraction of sp³-hybridized carbons (Fsp3) is 0.0769. The van der Waals surface area contributed by atoms with Gasteiger partial charge in [0, 0.05) is 11.1 Å². The van der Waals surface area contributed by atoms with Crippen molar-refractivity contribution in [3.05, 3.63) is 47.5 Å². The molecule has 0 amide bonds. The summed E-state index contributed by atoms with van der Waals surface area (Å²) in [6.45, 7) is 1.84. The second-order valence-electron chi connectivity index (χ2n) is 3.28. The van der Waals surface area contributed by atoms with E-state index in [1.54, 1.807) is 12.1 Å². The lowest BCUT2D eigenvalue weighted by Gasteiger charge is -1.99. The molecule has 0 bridgehead atoms. The number of hydrogen-bond acceptors (Lipinski definition) is 1. The van der Waals surface area contributed by atoms with Crippen molar-refractivity contribution in [3.8, 4) is 23.7 Å². The number of rotatable bonds is 1. The van der Waals surface area contributed by atoms with Gasteiger partial charge >= 0.3 is 0 Å². The Labute approximate surface area is 87.5 Å². The highest BCUT2D eigenvalue weighted by Gasteiger charge is 2.05. The minimum absolute atomic E-state index is 0.352. The van der Waals surface area contributed by atoms with E-state index in [9.17, 15) is 4.39 Å². The van der Waals surface area contributed by atoms with E-state index < -0.39 is 0 Å². The fourth-order valence-corrected chi connectivity index (χ4v) is 1.40. The molecule has 0 atom stereocenters. The third kappa shape index (κ3) is 1.92. The molecule has 1 heterocycles. The molecule has 2 rings (SSSR count). The Hall–Kier alpha value is -2.01. The van der Waals surface area contributed by atoms with Gasteiger partial charge in [-0.05, 0) is 37.3 Å². The van der Waals surface area contributed by atoms with Gasteiger partial charge in [-0.25, -0.2) is 4.39 Å². The number of hydrogen-bond donors (Lipinski definition) is 0. The first-order valence-corrected chi connectivity index (χ1v) is 4.53. The van der Waals surface area contributed by atoms with Gasteiger partial charge in [-0.3, -0.25) is 0 Å². The third-order valence-corrected chi connectivity index (χ3v) is 2.09. The van der Waals surface area contributed by atoms with Gasteiger partial charge in [0.2, 0.25) is 0 Å². The Morgan fingerprint density at radius 1 is 1.27 bits per heavy atom. The van der Waals surface area contributed by atoms with Gasteiger partial charge in [-0.1, -0.05) is 5.92 Å². The average molecular weight is 200 g/mol. The topological polar surface area (TPSA) is 13.1 Å². The second kappa shape index (κ2) is 3.62. The summed E-state index contributed by atoms with van der Waals surface area (Å²) >= 11 is 0.